The van der Waals surface area contributed by atoms with E-state index in [1.54, 1.807) is 0 Å². The predicted molar refractivity (Wildman–Crippen MR) is 213 cm³/mol. The Morgan fingerprint density at radius 1 is 0.875 bits per heavy atom. The van der Waals surface area contributed by atoms with Gasteiger partial charge in [0, 0.05) is 35.4 Å². The number of carbonyl (C=O) groups is 5. The number of amides is 2. The number of nitrogens with one attached hydrogen (secondary N) is 1. The van der Waals surface area contributed by atoms with Gasteiger partial charge in [0.15, 0.2) is 24.1 Å². The minimum absolute atomic E-state index is 0.00437. The van der Waals surface area contributed by atoms with Crippen LogP contribution in [0.5, 0.6) is 23.0 Å². The lowest BCUT2D eigenvalue weighted by Gasteiger charge is -2.49. The minimum Gasteiger partial charge on any atom is -0.507 e. The highest BCUT2D eigenvalue weighted by molar-refractivity contribution is 6.31. The summed E-state index contributed by atoms with van der Waals surface area (Å²) in [5.41, 5.74) is 1.86. The van der Waals surface area contributed by atoms with Crippen LogP contribution in [0.15, 0.2) is 24.3 Å². The highest BCUT2D eigenvalue weighted by Crippen LogP contribution is 2.57. The largest absolute Gasteiger partial charge is 0.507 e. The van der Waals surface area contributed by atoms with Crippen molar-refractivity contribution in [3.05, 3.63) is 68.8 Å². The molecular formula is C42H47N3O19. The number of ketones is 2. The van der Waals surface area contributed by atoms with E-state index in [2.05, 4.69) is 5.32 Å². The molecule has 0 bridgehead atoms. The first-order valence-electron chi connectivity index (χ1n) is 19.9. The molecule has 2 saturated heterocycles. The monoisotopic (exact) mass is 897 g/mol. The van der Waals surface area contributed by atoms with Crippen LogP contribution in [0, 0.1) is 6.92 Å². The molecule has 64 heavy (non-hydrogen) atoms. The number of aryl methyl sites for hydroxylation is 1. The van der Waals surface area contributed by atoms with Gasteiger partial charge in [-0.2, -0.15) is 0 Å². The topological polar surface area (TPSA) is 355 Å². The number of nitrogens with two attached hydrogens (primary N) is 1. The number of hydrogen-bond donors (Lipinski definition) is 11. The number of phenolic OH excluding ortho intramolecular Hbond substituents is 3. The number of nitrogens with zero attached hydrogens (tertiary/aromatic N) is 1. The molecule has 3 aromatic carbocycles. The normalized spacial score (nSPS) is 28.8. The summed E-state index contributed by atoms with van der Waals surface area (Å²) in [5.74, 6) is -7.51. The Balaban J connectivity index is 1.38. The maximum absolute atomic E-state index is 14.1. The van der Waals surface area contributed by atoms with E-state index in [0.717, 1.165) is 17.0 Å². The Kier molecular flexibility index (Phi) is 12.5. The van der Waals surface area contributed by atoms with E-state index < -0.39 is 167 Å². The predicted octanol–water partition coefficient (Wildman–Crippen LogP) is -1.41. The smallest absolute Gasteiger partial charge is 0.325 e. The second-order valence-corrected chi connectivity index (χ2v) is 16.0. The minimum atomic E-state index is -1.97. The number of aliphatic hydroxyl groups excluding tert-OH is 5. The maximum Gasteiger partial charge on any atom is 0.325 e. The van der Waals surface area contributed by atoms with Crippen molar-refractivity contribution < 1.29 is 93.6 Å². The first kappa shape index (κ1) is 46.2. The zero-order valence-corrected chi connectivity index (χ0v) is 34.8. The van der Waals surface area contributed by atoms with Crippen molar-refractivity contribution in [1.82, 2.24) is 10.2 Å². The number of carbonyl (C=O) groups excluding carboxylic acids is 4. The van der Waals surface area contributed by atoms with E-state index >= 15 is 0 Å². The van der Waals surface area contributed by atoms with Crippen molar-refractivity contribution in [2.45, 2.75) is 94.3 Å². The van der Waals surface area contributed by atoms with E-state index in [-0.39, 0.29) is 28.0 Å². The van der Waals surface area contributed by atoms with Crippen LogP contribution >= 0.6 is 0 Å². The maximum atomic E-state index is 14.1. The third-order valence-corrected chi connectivity index (χ3v) is 12.1. The van der Waals surface area contributed by atoms with Gasteiger partial charge < -0.3 is 85.6 Å². The van der Waals surface area contributed by atoms with Crippen molar-refractivity contribution >= 4 is 29.4 Å². The molecule has 22 heteroatoms. The molecule has 0 spiro atoms. The number of carboxylic acid groups (broad SMARTS) is 1. The molecule has 12 N–H and O–H groups in total. The number of phenols is 3. The first-order valence-corrected chi connectivity index (χ1v) is 19.9. The van der Waals surface area contributed by atoms with Gasteiger partial charge in [-0.25, -0.2) is 0 Å². The molecule has 2 amide bonds. The lowest BCUT2D eigenvalue weighted by atomic mass is 9.74. The van der Waals surface area contributed by atoms with Crippen molar-refractivity contribution in [3.63, 3.8) is 0 Å². The van der Waals surface area contributed by atoms with Crippen LogP contribution in [0.2, 0.25) is 0 Å². The Hall–Kier alpha value is -5.79. The number of rotatable bonds is 10. The van der Waals surface area contributed by atoms with Crippen LogP contribution in [0.3, 0.4) is 0 Å². The number of aliphatic hydroxyl groups is 5. The van der Waals surface area contributed by atoms with Crippen molar-refractivity contribution in [1.29, 1.82) is 0 Å². The molecule has 344 valence electrons. The van der Waals surface area contributed by atoms with Crippen molar-refractivity contribution in [3.8, 4) is 34.1 Å². The molecule has 0 unspecified atom stereocenters. The number of hydrogen-bond acceptors (Lipinski definition) is 19. The fourth-order valence-corrected chi connectivity index (χ4v) is 8.73. The van der Waals surface area contributed by atoms with E-state index in [4.69, 9.17) is 29.4 Å². The van der Waals surface area contributed by atoms with Gasteiger partial charge >= 0.3 is 5.97 Å². The summed E-state index contributed by atoms with van der Waals surface area (Å²) >= 11 is 0. The molecule has 0 aromatic heterocycles. The van der Waals surface area contributed by atoms with Crippen molar-refractivity contribution in [2.24, 2.45) is 5.73 Å². The van der Waals surface area contributed by atoms with E-state index in [1.165, 1.54) is 47.1 Å². The van der Waals surface area contributed by atoms with E-state index in [9.17, 15) is 69.9 Å². The Labute approximate surface area is 362 Å². The number of aromatic hydroxyl groups is 3. The third kappa shape index (κ3) is 7.49. The Morgan fingerprint density at radius 2 is 1.52 bits per heavy atom. The number of ether oxygens (including phenoxy) is 5. The zero-order valence-electron chi connectivity index (χ0n) is 34.8. The summed E-state index contributed by atoms with van der Waals surface area (Å²) < 4.78 is 29.1. The van der Waals surface area contributed by atoms with Gasteiger partial charge in [-0.15, -0.1) is 0 Å². The van der Waals surface area contributed by atoms with Gasteiger partial charge in [0.2, 0.25) is 5.91 Å². The molecule has 4 aliphatic rings. The quantitative estimate of drug-likeness (QED) is 0.0870. The lowest BCUT2D eigenvalue weighted by Crippen LogP contribution is -2.66. The fraction of sp³-hybridized carbons (Fsp3) is 0.452. The molecule has 2 fully saturated rings. The van der Waals surface area contributed by atoms with Gasteiger partial charge in [0.05, 0.1) is 49.1 Å². The molecule has 2 aliphatic heterocycles. The average Bonchev–Trinajstić information content (AvgIpc) is 3.24. The van der Waals surface area contributed by atoms with Crippen LogP contribution in [-0.2, 0) is 28.5 Å². The van der Waals surface area contributed by atoms with E-state index in [0.29, 0.717) is 0 Å². The molecular weight excluding hydrogens is 850 g/mol. The van der Waals surface area contributed by atoms with Crippen LogP contribution in [0.1, 0.15) is 84.9 Å². The Morgan fingerprint density at radius 3 is 2.16 bits per heavy atom. The SMILES string of the molecule is COc1cc(O)c2c(c1)C(=O)c1c(cc3c(c1O)-c1c(cc(C)c(C(=O)N[C@H](C)C(=O)O)c1O)[C@H](O[C@@H]1O[C@H](C)[C@H](N(C)C(=O)CN)[C@H](O[C@@H]4OC[C@@H](O)[C@H](O)[C@H]4O)[C@H]1O)[C@H]3O)C2=O. The fourth-order valence-electron chi connectivity index (χ4n) is 8.73. The summed E-state index contributed by atoms with van der Waals surface area (Å²) in [5, 5.41) is 102. The molecule has 22 nitrogen and oxygen atoms in total. The number of likely N-dealkylation sites (N-methyl/N-ethyl adjacent to an activating group) is 1. The number of methoxy groups -OCH3 is 1. The average molecular weight is 898 g/mol. The first-order chi connectivity index (χ1) is 30.1. The molecule has 0 radical (unpaired) electrons. The van der Waals surface area contributed by atoms with Gasteiger partial charge in [-0.1, -0.05) is 6.07 Å². The highest BCUT2D eigenvalue weighted by atomic mass is 16.7. The van der Waals surface area contributed by atoms with Crippen LogP contribution < -0.4 is 15.8 Å². The van der Waals surface area contributed by atoms with Gasteiger partial charge in [0.1, 0.15) is 71.8 Å². The molecule has 2 aliphatic carbocycles. The summed E-state index contributed by atoms with van der Waals surface area (Å²) in [6.45, 7) is 3.02. The molecule has 0 saturated carbocycles. The summed E-state index contributed by atoms with van der Waals surface area (Å²) in [6, 6.07) is 1.91. The lowest BCUT2D eigenvalue weighted by molar-refractivity contribution is -0.344. The molecule has 7 rings (SSSR count). The van der Waals surface area contributed by atoms with Crippen LogP contribution in [-0.4, -0.2) is 169 Å². The second kappa shape index (κ2) is 17.3. The summed E-state index contributed by atoms with van der Waals surface area (Å²) in [7, 11) is 2.59. The van der Waals surface area contributed by atoms with Gasteiger partial charge in [-0.3, -0.25) is 24.0 Å². The van der Waals surface area contributed by atoms with Gasteiger partial charge in [0.25, 0.3) is 5.91 Å². The number of fused-ring (bicyclic) bond motifs is 5. The van der Waals surface area contributed by atoms with Crippen molar-refractivity contribution in [2.75, 3.05) is 27.3 Å². The van der Waals surface area contributed by atoms with Crippen LogP contribution in [0.25, 0.3) is 11.1 Å². The third-order valence-electron chi connectivity index (χ3n) is 12.1. The standard InChI is InChI=1S/C42H47N3O19/c1-12-6-19-26(33(53)23(12)39(57)44-13(2)40(58)59)25-17(9-18-27(34(25)54)30(50)16-7-15(60-5)8-20(46)24(16)29(18)49)31(51)37(19)63-42-36(56)38(28(14(3)62-42)45(4)22(48)10-43)64-41-35(55)32(52)21(47)11-61-41/h6-9,13-14,21,28,31-32,35-38,41-42,46-47,51-56H,10-11,43H2,1-5H3,(H,44,57)(H,58,59)/t13-,14-,21-,28+,31+,32+,35-,36-,37+,38+,41+,42+/m1/s1. The van der Waals surface area contributed by atoms with Crippen LogP contribution in [0.4, 0.5) is 0 Å². The number of aliphatic carboxylic acids is 1. The molecule has 3 aromatic rings. The summed E-state index contributed by atoms with van der Waals surface area (Å²) in [6.07, 6.45) is -17.0. The van der Waals surface area contributed by atoms with Gasteiger partial charge in [-0.05, 0) is 49.6 Å². The highest BCUT2D eigenvalue weighted by Gasteiger charge is 2.53. The molecule has 12 atom stereocenters. The molecule has 2 heterocycles. The number of benzene rings is 3. The van der Waals surface area contributed by atoms with E-state index in [1.807, 2.05) is 0 Å². The second-order valence-electron chi connectivity index (χ2n) is 16.0. The zero-order chi connectivity index (χ0) is 47.0. The number of carboxylic acids is 1. The Bertz CT molecular complexity index is 2440. The summed E-state index contributed by atoms with van der Waals surface area (Å²) in [4.78, 5) is 67.5.